The molecule has 0 aromatic carbocycles. The number of hydrogen-bond donors (Lipinski definition) is 1. The van der Waals surface area contributed by atoms with Crippen molar-refractivity contribution in [3.8, 4) is 0 Å². The molecule has 0 radical (unpaired) electrons. The summed E-state index contributed by atoms with van der Waals surface area (Å²) in [4.78, 5) is 18.2. The predicted molar refractivity (Wildman–Crippen MR) is 75.4 cm³/mol. The van der Waals surface area contributed by atoms with Crippen molar-refractivity contribution in [1.82, 2.24) is 10.2 Å². The quantitative estimate of drug-likeness (QED) is 0.737. The molecular formula is C14H23N3O2. The average Bonchev–Trinajstić information content (AvgIpc) is 2.80. The molecule has 0 fully saturated rings. The normalized spacial score (nSPS) is 20.4. The molecule has 0 spiro atoms. The molecule has 106 valence electrons. The van der Waals surface area contributed by atoms with Gasteiger partial charge < -0.3 is 10.1 Å². The van der Waals surface area contributed by atoms with Gasteiger partial charge in [-0.15, -0.1) is 0 Å². The van der Waals surface area contributed by atoms with E-state index in [1.165, 1.54) is 0 Å². The minimum atomic E-state index is -0.450. The second kappa shape index (κ2) is 5.63. The first-order valence-electron chi connectivity index (χ1n) is 6.87. The van der Waals surface area contributed by atoms with Crippen LogP contribution in [0, 0.1) is 0 Å². The van der Waals surface area contributed by atoms with Crippen LogP contribution in [-0.4, -0.2) is 48.1 Å². The highest BCUT2D eigenvalue weighted by atomic mass is 16.6. The number of carbonyl (C=O) groups is 1. The Labute approximate surface area is 114 Å². The summed E-state index contributed by atoms with van der Waals surface area (Å²) < 4.78 is 5.39. The van der Waals surface area contributed by atoms with E-state index in [-0.39, 0.29) is 6.09 Å². The fraction of sp³-hybridized carbons (Fsp3) is 0.714. The molecule has 0 aromatic rings. The summed E-state index contributed by atoms with van der Waals surface area (Å²) in [6.45, 7) is 7.43. The number of amidine groups is 1. The van der Waals surface area contributed by atoms with Crippen molar-refractivity contribution in [2.75, 3.05) is 19.6 Å². The molecular weight excluding hydrogens is 242 g/mol. The lowest BCUT2D eigenvalue weighted by atomic mass is 10.2. The fourth-order valence-electron chi connectivity index (χ4n) is 2.16. The van der Waals surface area contributed by atoms with Crippen molar-refractivity contribution >= 4 is 11.9 Å². The third-order valence-corrected chi connectivity index (χ3v) is 3.04. The van der Waals surface area contributed by atoms with Gasteiger partial charge in [0, 0.05) is 12.6 Å². The zero-order valence-electron chi connectivity index (χ0n) is 12.0. The van der Waals surface area contributed by atoms with Crippen LogP contribution in [0.4, 0.5) is 4.79 Å². The predicted octanol–water partition coefficient (Wildman–Crippen LogP) is 1.94. The highest BCUT2D eigenvalue weighted by molar-refractivity contribution is 5.88. The first kappa shape index (κ1) is 13.9. The van der Waals surface area contributed by atoms with Gasteiger partial charge in [-0.3, -0.25) is 9.89 Å². The van der Waals surface area contributed by atoms with Crippen LogP contribution in [0.15, 0.2) is 17.1 Å². The van der Waals surface area contributed by atoms with Crippen LogP contribution in [0.25, 0.3) is 0 Å². The maximum absolute atomic E-state index is 12.0. The molecule has 5 heteroatoms. The molecule has 0 saturated heterocycles. The zero-order valence-corrected chi connectivity index (χ0v) is 12.0. The van der Waals surface area contributed by atoms with Gasteiger partial charge >= 0.3 is 6.09 Å². The van der Waals surface area contributed by atoms with Gasteiger partial charge in [0.15, 0.2) is 0 Å². The summed E-state index contributed by atoms with van der Waals surface area (Å²) in [7, 11) is 0. The van der Waals surface area contributed by atoms with E-state index in [1.807, 2.05) is 20.8 Å². The number of nitrogens with one attached hydrogen (secondary N) is 1. The van der Waals surface area contributed by atoms with E-state index in [0.717, 1.165) is 18.7 Å². The number of carbonyl (C=O) groups excluding carboxylic acids is 1. The van der Waals surface area contributed by atoms with Crippen LogP contribution in [0.3, 0.4) is 0 Å². The minimum absolute atomic E-state index is 0.258. The lowest BCUT2D eigenvalue weighted by Crippen LogP contribution is -2.49. The number of aliphatic imine (C=N–C) groups is 1. The van der Waals surface area contributed by atoms with Gasteiger partial charge in [0.25, 0.3) is 0 Å². The fourth-order valence-corrected chi connectivity index (χ4v) is 2.16. The summed E-state index contributed by atoms with van der Waals surface area (Å²) in [5.41, 5.74) is -0.450. The molecule has 2 rings (SSSR count). The molecule has 0 aromatic heterocycles. The third-order valence-electron chi connectivity index (χ3n) is 3.04. The van der Waals surface area contributed by atoms with E-state index in [1.54, 1.807) is 4.90 Å². The van der Waals surface area contributed by atoms with Crippen LogP contribution < -0.4 is 5.32 Å². The number of rotatable bonds is 1. The molecule has 0 saturated carbocycles. The van der Waals surface area contributed by atoms with E-state index < -0.39 is 5.60 Å². The highest BCUT2D eigenvalue weighted by Crippen LogP contribution is 2.12. The molecule has 5 nitrogen and oxygen atoms in total. The number of hydrogen-bond acceptors (Lipinski definition) is 4. The minimum Gasteiger partial charge on any atom is -0.444 e. The molecule has 0 bridgehead atoms. The first-order valence-corrected chi connectivity index (χ1v) is 6.87. The standard InChI is InChI=1S/C14H23N3O2/c1-14(2,3)19-13(18)17-9-8-15-12(10-17)16-11-6-4-5-7-11/h4-5,11H,6-10H2,1-3H3,(H,15,16). The van der Waals surface area contributed by atoms with Crippen molar-refractivity contribution < 1.29 is 9.53 Å². The summed E-state index contributed by atoms with van der Waals surface area (Å²) in [6.07, 6.45) is 6.15. The van der Waals surface area contributed by atoms with Crippen molar-refractivity contribution in [2.45, 2.75) is 45.3 Å². The Bertz CT molecular complexity index is 388. The smallest absolute Gasteiger partial charge is 0.410 e. The van der Waals surface area contributed by atoms with Gasteiger partial charge in [-0.2, -0.15) is 0 Å². The Morgan fingerprint density at radius 3 is 2.74 bits per heavy atom. The van der Waals surface area contributed by atoms with Crippen molar-refractivity contribution in [3.05, 3.63) is 12.2 Å². The molecule has 1 heterocycles. The average molecular weight is 265 g/mol. The van der Waals surface area contributed by atoms with Gasteiger partial charge in [0.2, 0.25) is 0 Å². The topological polar surface area (TPSA) is 53.9 Å². The Hall–Kier alpha value is -1.52. The molecule has 0 unspecified atom stereocenters. The first-order chi connectivity index (χ1) is 8.94. The van der Waals surface area contributed by atoms with Crippen LogP contribution in [0.2, 0.25) is 0 Å². The van der Waals surface area contributed by atoms with Crippen LogP contribution in [0.1, 0.15) is 33.6 Å². The zero-order chi connectivity index (χ0) is 13.9. The Morgan fingerprint density at radius 1 is 1.42 bits per heavy atom. The second-order valence-corrected chi connectivity index (χ2v) is 6.01. The molecule has 2 aliphatic rings. The molecule has 1 N–H and O–H groups in total. The van der Waals surface area contributed by atoms with Crippen LogP contribution in [-0.2, 0) is 4.74 Å². The summed E-state index contributed by atoms with van der Waals surface area (Å²) in [5.74, 6) is 0.894. The van der Waals surface area contributed by atoms with E-state index in [4.69, 9.17) is 4.74 Å². The third kappa shape index (κ3) is 4.26. The van der Waals surface area contributed by atoms with Gasteiger partial charge in [-0.1, -0.05) is 12.2 Å². The van der Waals surface area contributed by atoms with Crippen LogP contribution in [0.5, 0.6) is 0 Å². The molecule has 1 aliphatic heterocycles. The Kier molecular flexibility index (Phi) is 4.12. The SMILES string of the molecule is CC(C)(C)OC(=O)N1CCN=C(NC2CC=CC2)C1. The maximum atomic E-state index is 12.0. The van der Waals surface area contributed by atoms with Crippen molar-refractivity contribution in [2.24, 2.45) is 4.99 Å². The van der Waals surface area contributed by atoms with Gasteiger partial charge in [-0.05, 0) is 33.6 Å². The van der Waals surface area contributed by atoms with E-state index in [2.05, 4.69) is 22.5 Å². The lowest BCUT2D eigenvalue weighted by Gasteiger charge is -2.30. The highest BCUT2D eigenvalue weighted by Gasteiger charge is 2.25. The summed E-state index contributed by atoms with van der Waals surface area (Å²) in [6, 6.07) is 0.428. The second-order valence-electron chi connectivity index (χ2n) is 6.01. The maximum Gasteiger partial charge on any atom is 0.410 e. The van der Waals surface area contributed by atoms with Crippen LogP contribution >= 0.6 is 0 Å². The monoisotopic (exact) mass is 265 g/mol. The Morgan fingerprint density at radius 2 is 2.11 bits per heavy atom. The van der Waals surface area contributed by atoms with Crippen molar-refractivity contribution in [1.29, 1.82) is 0 Å². The molecule has 19 heavy (non-hydrogen) atoms. The van der Waals surface area contributed by atoms with Gasteiger partial charge in [0.05, 0.1) is 13.1 Å². The molecule has 0 atom stereocenters. The van der Waals surface area contributed by atoms with Gasteiger partial charge in [0.1, 0.15) is 11.4 Å². The largest absolute Gasteiger partial charge is 0.444 e. The molecule has 1 amide bonds. The van der Waals surface area contributed by atoms with E-state index >= 15 is 0 Å². The number of ether oxygens (including phenoxy) is 1. The lowest BCUT2D eigenvalue weighted by molar-refractivity contribution is 0.0276. The summed E-state index contributed by atoms with van der Waals surface area (Å²) >= 11 is 0. The number of amides is 1. The van der Waals surface area contributed by atoms with E-state index in [9.17, 15) is 4.79 Å². The number of nitrogens with zero attached hydrogens (tertiary/aromatic N) is 2. The van der Waals surface area contributed by atoms with Crippen molar-refractivity contribution in [3.63, 3.8) is 0 Å². The summed E-state index contributed by atoms with van der Waals surface area (Å²) in [5, 5.41) is 3.40. The molecule has 1 aliphatic carbocycles. The van der Waals surface area contributed by atoms with E-state index in [0.29, 0.717) is 25.7 Å². The van der Waals surface area contributed by atoms with Gasteiger partial charge in [-0.25, -0.2) is 4.79 Å². The Balaban J connectivity index is 1.85.